The minimum atomic E-state index is -4.08. The fourth-order valence-corrected chi connectivity index (χ4v) is 4.51. The lowest BCUT2D eigenvalue weighted by molar-refractivity contribution is 0.0658. The molecule has 0 saturated heterocycles. The van der Waals surface area contributed by atoms with Crippen LogP contribution in [-0.4, -0.2) is 44.7 Å². The summed E-state index contributed by atoms with van der Waals surface area (Å²) in [5.74, 6) is 0.277. The zero-order chi connectivity index (χ0) is 21.3. The standard InChI is InChI=1S/C20H32BrNO5S/c1-6-26-14-18(11-15(2)3)22(20(23)27-13-16(4)5)28(24,25)19-9-7-17(12-21)8-10-19/h7-10,15-16,18H,6,11-14H2,1-5H3/t18-/m0/s1. The van der Waals surface area contributed by atoms with E-state index in [2.05, 4.69) is 15.9 Å². The number of benzene rings is 1. The summed E-state index contributed by atoms with van der Waals surface area (Å²) in [6.45, 7) is 10.3. The number of halogens is 1. The van der Waals surface area contributed by atoms with E-state index in [-0.39, 0.29) is 29.9 Å². The van der Waals surface area contributed by atoms with Gasteiger partial charge in [-0.1, -0.05) is 55.8 Å². The molecule has 0 saturated carbocycles. The zero-order valence-electron chi connectivity index (χ0n) is 17.4. The van der Waals surface area contributed by atoms with Gasteiger partial charge in [0.1, 0.15) is 0 Å². The molecule has 1 amide bonds. The highest BCUT2D eigenvalue weighted by Gasteiger charge is 2.37. The highest BCUT2D eigenvalue weighted by molar-refractivity contribution is 9.08. The number of hydrogen-bond acceptors (Lipinski definition) is 5. The lowest BCUT2D eigenvalue weighted by atomic mass is 10.0. The molecule has 1 aromatic rings. The van der Waals surface area contributed by atoms with Gasteiger partial charge in [-0.15, -0.1) is 0 Å². The van der Waals surface area contributed by atoms with E-state index in [4.69, 9.17) is 9.47 Å². The number of carbonyl (C=O) groups is 1. The van der Waals surface area contributed by atoms with E-state index in [1.165, 1.54) is 12.1 Å². The molecule has 0 fully saturated rings. The molecule has 0 aliphatic rings. The first-order chi connectivity index (χ1) is 13.1. The van der Waals surface area contributed by atoms with Crippen molar-refractivity contribution in [3.63, 3.8) is 0 Å². The van der Waals surface area contributed by atoms with Crippen LogP contribution < -0.4 is 0 Å². The summed E-state index contributed by atoms with van der Waals surface area (Å²) in [6, 6.07) is 5.84. The van der Waals surface area contributed by atoms with Gasteiger partial charge in [0.25, 0.3) is 10.0 Å². The Labute approximate surface area is 177 Å². The molecule has 1 rings (SSSR count). The number of hydrogen-bond donors (Lipinski definition) is 0. The Morgan fingerprint density at radius 2 is 1.68 bits per heavy atom. The normalized spacial score (nSPS) is 13.0. The van der Waals surface area contributed by atoms with Gasteiger partial charge >= 0.3 is 6.09 Å². The van der Waals surface area contributed by atoms with Gasteiger partial charge in [0.2, 0.25) is 0 Å². The minimum Gasteiger partial charge on any atom is -0.448 e. The maximum atomic E-state index is 13.4. The van der Waals surface area contributed by atoms with Crippen molar-refractivity contribution < 1.29 is 22.7 Å². The van der Waals surface area contributed by atoms with Crippen molar-refractivity contribution in [3.05, 3.63) is 29.8 Å². The lowest BCUT2D eigenvalue weighted by Gasteiger charge is -2.31. The molecule has 0 aromatic heterocycles. The van der Waals surface area contributed by atoms with Gasteiger partial charge in [-0.3, -0.25) is 0 Å². The van der Waals surface area contributed by atoms with Crippen LogP contribution >= 0.6 is 15.9 Å². The lowest BCUT2D eigenvalue weighted by Crippen LogP contribution is -2.48. The molecule has 0 unspecified atom stereocenters. The summed E-state index contributed by atoms with van der Waals surface area (Å²) in [5, 5.41) is 0.619. The second-order valence-corrected chi connectivity index (χ2v) is 9.87. The first kappa shape index (κ1) is 24.9. The van der Waals surface area contributed by atoms with Gasteiger partial charge in [-0.05, 0) is 42.9 Å². The molecule has 0 aliphatic heterocycles. The van der Waals surface area contributed by atoms with E-state index in [1.807, 2.05) is 34.6 Å². The van der Waals surface area contributed by atoms with Crippen molar-refractivity contribution in [1.29, 1.82) is 0 Å². The van der Waals surface area contributed by atoms with E-state index in [0.29, 0.717) is 18.4 Å². The molecular weight excluding hydrogens is 446 g/mol. The van der Waals surface area contributed by atoms with Crippen LogP contribution in [0.1, 0.15) is 46.6 Å². The first-order valence-electron chi connectivity index (χ1n) is 9.57. The van der Waals surface area contributed by atoms with Crippen LogP contribution in [-0.2, 0) is 24.8 Å². The number of amides is 1. The van der Waals surface area contributed by atoms with Crippen molar-refractivity contribution in [1.82, 2.24) is 4.31 Å². The van der Waals surface area contributed by atoms with Crippen LogP contribution in [0, 0.1) is 11.8 Å². The Morgan fingerprint density at radius 3 is 2.14 bits per heavy atom. The predicted octanol–water partition coefficient (Wildman–Crippen LogP) is 4.82. The second kappa shape index (κ2) is 11.8. The Kier molecular flexibility index (Phi) is 10.5. The molecule has 0 radical (unpaired) electrons. The Hall–Kier alpha value is -1.12. The van der Waals surface area contributed by atoms with Crippen molar-refractivity contribution in [2.24, 2.45) is 11.8 Å². The SMILES string of the molecule is CCOC[C@H](CC(C)C)N(C(=O)OCC(C)C)S(=O)(=O)c1ccc(CBr)cc1. The maximum absolute atomic E-state index is 13.4. The van der Waals surface area contributed by atoms with Crippen molar-refractivity contribution in [2.45, 2.75) is 57.3 Å². The molecule has 0 N–H and O–H groups in total. The van der Waals surface area contributed by atoms with Gasteiger partial charge in [0.05, 0.1) is 24.2 Å². The predicted molar refractivity (Wildman–Crippen MR) is 114 cm³/mol. The van der Waals surface area contributed by atoms with Crippen LogP contribution in [0.25, 0.3) is 0 Å². The second-order valence-electron chi connectivity index (χ2n) is 7.49. The molecular formula is C20H32BrNO5S. The largest absolute Gasteiger partial charge is 0.448 e. The molecule has 0 spiro atoms. The zero-order valence-corrected chi connectivity index (χ0v) is 19.8. The first-order valence-corrected chi connectivity index (χ1v) is 12.1. The number of carbonyl (C=O) groups excluding carboxylic acids is 1. The molecule has 6 nitrogen and oxygen atoms in total. The average Bonchev–Trinajstić information content (AvgIpc) is 2.63. The molecule has 0 bridgehead atoms. The average molecular weight is 478 g/mol. The van der Waals surface area contributed by atoms with Crippen molar-refractivity contribution in [2.75, 3.05) is 19.8 Å². The third-order valence-electron chi connectivity index (χ3n) is 3.94. The third-order valence-corrected chi connectivity index (χ3v) is 6.42. The maximum Gasteiger partial charge on any atom is 0.424 e. The highest BCUT2D eigenvalue weighted by Crippen LogP contribution is 2.24. The van der Waals surface area contributed by atoms with Crippen molar-refractivity contribution in [3.8, 4) is 0 Å². The molecule has 1 atom stereocenters. The summed E-state index contributed by atoms with van der Waals surface area (Å²) in [6.07, 6.45) is -0.376. The summed E-state index contributed by atoms with van der Waals surface area (Å²) in [5.41, 5.74) is 0.945. The van der Waals surface area contributed by atoms with Crippen molar-refractivity contribution >= 4 is 32.0 Å². The summed E-state index contributed by atoms with van der Waals surface area (Å²) in [7, 11) is -4.08. The van der Waals surface area contributed by atoms with Gasteiger partial charge in [-0.25, -0.2) is 13.2 Å². The fourth-order valence-electron chi connectivity index (χ4n) is 2.64. The smallest absolute Gasteiger partial charge is 0.424 e. The Bertz CT molecular complexity index is 704. The van der Waals surface area contributed by atoms with E-state index in [9.17, 15) is 13.2 Å². The quantitative estimate of drug-likeness (QED) is 0.427. The van der Waals surface area contributed by atoms with Crippen LogP contribution in [0.15, 0.2) is 29.2 Å². The number of nitrogens with zero attached hydrogens (tertiary/aromatic N) is 1. The Morgan fingerprint density at radius 1 is 1.07 bits per heavy atom. The number of ether oxygens (including phenoxy) is 2. The molecule has 0 heterocycles. The fraction of sp³-hybridized carbons (Fsp3) is 0.650. The Balaban J connectivity index is 3.33. The summed E-state index contributed by atoms with van der Waals surface area (Å²) < 4.78 is 38.4. The van der Waals surface area contributed by atoms with E-state index in [0.717, 1.165) is 9.87 Å². The molecule has 0 aliphatic carbocycles. The summed E-state index contributed by atoms with van der Waals surface area (Å²) in [4.78, 5) is 12.9. The van der Waals surface area contributed by atoms with Crippen LogP contribution in [0.3, 0.4) is 0 Å². The van der Waals surface area contributed by atoms with Crippen LogP contribution in [0.4, 0.5) is 4.79 Å². The number of rotatable bonds is 11. The topological polar surface area (TPSA) is 72.9 Å². The number of alkyl halides is 1. The van der Waals surface area contributed by atoms with Gasteiger partial charge in [-0.2, -0.15) is 4.31 Å². The molecule has 28 heavy (non-hydrogen) atoms. The van der Waals surface area contributed by atoms with Gasteiger partial charge in [0.15, 0.2) is 0 Å². The van der Waals surface area contributed by atoms with Crippen LogP contribution in [0.5, 0.6) is 0 Å². The molecule has 160 valence electrons. The monoisotopic (exact) mass is 477 g/mol. The molecule has 8 heteroatoms. The van der Waals surface area contributed by atoms with E-state index in [1.54, 1.807) is 12.1 Å². The van der Waals surface area contributed by atoms with E-state index >= 15 is 0 Å². The minimum absolute atomic E-state index is 0.0592. The van der Waals surface area contributed by atoms with Crippen LogP contribution in [0.2, 0.25) is 0 Å². The molecule has 1 aromatic carbocycles. The van der Waals surface area contributed by atoms with Gasteiger partial charge < -0.3 is 9.47 Å². The number of sulfonamides is 1. The summed E-state index contributed by atoms with van der Waals surface area (Å²) >= 11 is 3.35. The third kappa shape index (κ3) is 7.37. The van der Waals surface area contributed by atoms with Gasteiger partial charge in [0, 0.05) is 11.9 Å². The van der Waals surface area contributed by atoms with E-state index < -0.39 is 22.2 Å². The highest BCUT2D eigenvalue weighted by atomic mass is 79.9.